The van der Waals surface area contributed by atoms with Crippen LogP contribution < -0.4 is 15.4 Å². The fraction of sp³-hybridized carbons (Fsp3) is 0.500. The highest BCUT2D eigenvalue weighted by atomic mass is 16.5. The summed E-state index contributed by atoms with van der Waals surface area (Å²) in [6.07, 6.45) is 3.40. The van der Waals surface area contributed by atoms with Crippen LogP contribution in [0.5, 0.6) is 5.75 Å². The average molecular weight is 549 g/mol. The summed E-state index contributed by atoms with van der Waals surface area (Å²) in [4.78, 5) is 58.3. The zero-order valence-electron chi connectivity index (χ0n) is 22.4. The van der Waals surface area contributed by atoms with E-state index in [9.17, 15) is 19.2 Å². The van der Waals surface area contributed by atoms with Gasteiger partial charge in [0.25, 0.3) is 11.8 Å². The lowest BCUT2D eigenvalue weighted by Gasteiger charge is -2.29. The summed E-state index contributed by atoms with van der Waals surface area (Å²) < 4.78 is 10.8. The largest absolute Gasteiger partial charge is 0.496 e. The van der Waals surface area contributed by atoms with Gasteiger partial charge in [-0.2, -0.15) is 0 Å². The molecule has 40 heavy (non-hydrogen) atoms. The predicted octanol–water partition coefficient (Wildman–Crippen LogP) is 2.00. The van der Waals surface area contributed by atoms with Crippen molar-refractivity contribution in [2.45, 2.75) is 51.1 Å². The Hall–Kier alpha value is -4.22. The van der Waals surface area contributed by atoms with Gasteiger partial charge in [-0.1, -0.05) is 12.5 Å². The summed E-state index contributed by atoms with van der Waals surface area (Å²) in [5.74, 6) is -0.982. The van der Waals surface area contributed by atoms with E-state index in [1.165, 1.54) is 0 Å². The van der Waals surface area contributed by atoms with E-state index < -0.39 is 29.7 Å². The van der Waals surface area contributed by atoms with E-state index in [2.05, 4.69) is 25.8 Å². The van der Waals surface area contributed by atoms with Gasteiger partial charge in [0.1, 0.15) is 17.5 Å². The predicted molar refractivity (Wildman–Crippen MR) is 142 cm³/mol. The molecule has 12 nitrogen and oxygen atoms in total. The lowest BCUT2D eigenvalue weighted by Crippen LogP contribution is -2.53. The maximum atomic E-state index is 14.0. The van der Waals surface area contributed by atoms with Gasteiger partial charge in [-0.25, -0.2) is 0 Å². The van der Waals surface area contributed by atoms with Crippen LogP contribution in [-0.2, 0) is 9.59 Å². The first kappa shape index (κ1) is 26.0. The van der Waals surface area contributed by atoms with Crippen molar-refractivity contribution in [2.24, 2.45) is 17.8 Å². The maximum absolute atomic E-state index is 14.0. The Morgan fingerprint density at radius 2 is 2.08 bits per heavy atom. The number of Topliss-reactive ketones (excluding diaryl/α,β-unsaturated/α-hetero) is 1. The number of ether oxygens (including phenoxy) is 1. The van der Waals surface area contributed by atoms with E-state index in [0.717, 1.165) is 30.2 Å². The number of ketones is 1. The Balaban J connectivity index is 1.28. The number of nitrogens with one attached hydrogen (secondary N) is 3. The average Bonchev–Trinajstić information content (AvgIpc) is 3.76. The zero-order valence-corrected chi connectivity index (χ0v) is 22.4. The van der Waals surface area contributed by atoms with Crippen LogP contribution in [0.3, 0.4) is 0 Å². The van der Waals surface area contributed by atoms with Gasteiger partial charge < -0.3 is 29.7 Å². The topological polar surface area (TPSA) is 160 Å². The van der Waals surface area contributed by atoms with E-state index in [-0.39, 0.29) is 41.9 Å². The van der Waals surface area contributed by atoms with Crippen LogP contribution in [0, 0.1) is 24.7 Å². The standard InChI is InChI=1S/C28H32N6O6/c1-14-32-33-27(40-14)24(35)20(11-15-9-10-29-25(15)36)31-26(37)23-17-6-3-5-16(17)13-34(23)28(38)21-12-18-19(30-21)7-4-8-22(18)39-2/h4,7-8,12,15-17,20,23,30H,3,5-6,9-11,13H2,1-2H3,(H,29,36)(H,31,37)/t15-,16-,17-,20-,23-/m0/s1. The Bertz CT molecular complexity index is 1480. The summed E-state index contributed by atoms with van der Waals surface area (Å²) in [6, 6.07) is 5.50. The monoisotopic (exact) mass is 548 g/mol. The number of aromatic amines is 1. The van der Waals surface area contributed by atoms with Gasteiger partial charge >= 0.3 is 0 Å². The van der Waals surface area contributed by atoms with Crippen LogP contribution in [0.2, 0.25) is 0 Å². The third-order valence-electron chi connectivity index (χ3n) is 8.55. The smallest absolute Gasteiger partial charge is 0.286 e. The second-order valence-electron chi connectivity index (χ2n) is 10.9. The first-order valence-corrected chi connectivity index (χ1v) is 13.7. The number of aromatic nitrogens is 3. The van der Waals surface area contributed by atoms with Crippen molar-refractivity contribution in [3.8, 4) is 5.75 Å². The highest BCUT2D eigenvalue weighted by Gasteiger charge is 2.50. The highest BCUT2D eigenvalue weighted by molar-refractivity contribution is 6.03. The first-order valence-electron chi connectivity index (χ1n) is 13.7. The van der Waals surface area contributed by atoms with E-state index >= 15 is 0 Å². The van der Waals surface area contributed by atoms with Crippen LogP contribution in [0.25, 0.3) is 10.9 Å². The molecule has 4 heterocycles. The number of benzene rings is 1. The number of hydrogen-bond donors (Lipinski definition) is 3. The fourth-order valence-electron chi connectivity index (χ4n) is 6.61. The van der Waals surface area contributed by atoms with Gasteiger partial charge in [-0.05, 0) is 55.7 Å². The molecule has 12 heteroatoms. The lowest BCUT2D eigenvalue weighted by atomic mass is 9.92. The van der Waals surface area contributed by atoms with E-state index in [1.54, 1.807) is 25.0 Å². The third kappa shape index (κ3) is 4.61. The molecule has 5 atom stereocenters. The summed E-state index contributed by atoms with van der Waals surface area (Å²) in [6.45, 7) is 2.55. The highest BCUT2D eigenvalue weighted by Crippen LogP contribution is 2.43. The number of likely N-dealkylation sites (tertiary alicyclic amines) is 1. The Labute approximate surface area is 230 Å². The molecular formula is C28H32N6O6. The molecule has 0 radical (unpaired) electrons. The number of fused-ring (bicyclic) bond motifs is 2. The summed E-state index contributed by atoms with van der Waals surface area (Å²) in [5, 5.41) is 14.0. The van der Waals surface area contributed by atoms with Crippen LogP contribution in [0.15, 0.2) is 28.7 Å². The molecule has 1 saturated carbocycles. The summed E-state index contributed by atoms with van der Waals surface area (Å²) in [7, 11) is 1.58. The second-order valence-corrected chi connectivity index (χ2v) is 10.9. The molecule has 0 spiro atoms. The third-order valence-corrected chi connectivity index (χ3v) is 8.55. The molecule has 1 aromatic carbocycles. The molecule has 0 unspecified atom stereocenters. The minimum absolute atomic E-state index is 0.0148. The maximum Gasteiger partial charge on any atom is 0.286 e. The van der Waals surface area contributed by atoms with Crippen LogP contribution in [-0.4, -0.2) is 75.9 Å². The van der Waals surface area contributed by atoms with Crippen LogP contribution in [0.4, 0.5) is 0 Å². The minimum atomic E-state index is -1.05. The first-order chi connectivity index (χ1) is 19.3. The van der Waals surface area contributed by atoms with Gasteiger partial charge in [0, 0.05) is 36.8 Å². The second kappa shape index (κ2) is 10.4. The SMILES string of the molecule is COc1cccc2[nH]c(C(=O)N3C[C@@H]4CCC[C@@H]4[C@H]3C(=O)N[C@@H](C[C@@H]3CCNC3=O)C(=O)c3nnc(C)o3)cc12. The molecule has 6 rings (SSSR count). The van der Waals surface area contributed by atoms with Gasteiger partial charge in [0.15, 0.2) is 0 Å². The van der Waals surface area contributed by atoms with Gasteiger partial charge in [-0.3, -0.25) is 19.2 Å². The van der Waals surface area contributed by atoms with Crippen molar-refractivity contribution >= 4 is 34.4 Å². The van der Waals surface area contributed by atoms with Crippen LogP contribution in [0.1, 0.15) is 59.2 Å². The van der Waals surface area contributed by atoms with E-state index in [1.807, 2.05) is 18.2 Å². The zero-order chi connectivity index (χ0) is 28.0. The molecule has 3 fully saturated rings. The summed E-state index contributed by atoms with van der Waals surface area (Å²) >= 11 is 0. The summed E-state index contributed by atoms with van der Waals surface area (Å²) in [5.41, 5.74) is 1.13. The Morgan fingerprint density at radius 3 is 2.80 bits per heavy atom. The number of nitrogens with zero attached hydrogens (tertiary/aromatic N) is 3. The fourth-order valence-corrected chi connectivity index (χ4v) is 6.61. The molecule has 3 aliphatic rings. The quantitative estimate of drug-likeness (QED) is 0.361. The number of carbonyl (C=O) groups is 4. The molecule has 2 aliphatic heterocycles. The van der Waals surface area contributed by atoms with Gasteiger partial charge in [0.2, 0.25) is 23.5 Å². The van der Waals surface area contributed by atoms with Crippen LogP contribution >= 0.6 is 0 Å². The van der Waals surface area contributed by atoms with Gasteiger partial charge in [0.05, 0.1) is 13.2 Å². The molecular weight excluding hydrogens is 516 g/mol. The van der Waals surface area contributed by atoms with Crippen molar-refractivity contribution in [1.82, 2.24) is 30.7 Å². The minimum Gasteiger partial charge on any atom is -0.496 e. The van der Waals surface area contributed by atoms with Crippen molar-refractivity contribution in [1.29, 1.82) is 0 Å². The number of aryl methyl sites for hydroxylation is 1. The number of amides is 3. The number of hydrogen-bond acceptors (Lipinski definition) is 8. The Kier molecular flexibility index (Phi) is 6.77. The normalized spacial score (nSPS) is 24.6. The van der Waals surface area contributed by atoms with Crippen molar-refractivity contribution < 1.29 is 28.3 Å². The molecule has 0 bridgehead atoms. The number of H-pyrrole nitrogens is 1. The molecule has 1 aliphatic carbocycles. The molecule has 2 aromatic heterocycles. The molecule has 210 valence electrons. The van der Waals surface area contributed by atoms with Crippen molar-refractivity contribution in [3.63, 3.8) is 0 Å². The number of methoxy groups -OCH3 is 1. The van der Waals surface area contributed by atoms with Crippen molar-refractivity contribution in [3.05, 3.63) is 41.7 Å². The lowest BCUT2D eigenvalue weighted by molar-refractivity contribution is -0.127. The molecule has 3 N–H and O–H groups in total. The van der Waals surface area contributed by atoms with Gasteiger partial charge in [-0.15, -0.1) is 10.2 Å². The molecule has 3 amide bonds. The van der Waals surface area contributed by atoms with E-state index in [4.69, 9.17) is 9.15 Å². The number of rotatable bonds is 8. The molecule has 2 saturated heterocycles. The van der Waals surface area contributed by atoms with E-state index in [0.29, 0.717) is 31.0 Å². The number of carbonyl (C=O) groups excluding carboxylic acids is 4. The van der Waals surface area contributed by atoms with Crippen molar-refractivity contribution in [2.75, 3.05) is 20.2 Å². The Morgan fingerprint density at radius 1 is 1.23 bits per heavy atom. The molecule has 3 aromatic rings.